The van der Waals surface area contributed by atoms with Crippen molar-refractivity contribution in [3.8, 4) is 0 Å². The third kappa shape index (κ3) is 1.77. The first-order valence-electron chi connectivity index (χ1n) is 6.36. The van der Waals surface area contributed by atoms with Gasteiger partial charge in [0, 0.05) is 0 Å². The van der Waals surface area contributed by atoms with Crippen LogP contribution >= 0.6 is 11.3 Å². The molecule has 0 N–H and O–H groups in total. The van der Waals surface area contributed by atoms with Crippen LogP contribution in [0.1, 0.15) is 26.7 Å². The molecule has 18 heavy (non-hydrogen) atoms. The minimum atomic E-state index is -3.12. The lowest BCUT2D eigenvalue weighted by Gasteiger charge is -2.56. The van der Waals surface area contributed by atoms with E-state index in [1.807, 2.05) is 5.38 Å². The minimum absolute atomic E-state index is 0.217. The summed E-state index contributed by atoms with van der Waals surface area (Å²) in [6.07, 6.45) is 4.41. The van der Waals surface area contributed by atoms with Crippen LogP contribution in [0, 0.1) is 17.3 Å². The normalized spacial score (nSPS) is 29.6. The summed E-state index contributed by atoms with van der Waals surface area (Å²) >= 11 is 1.32. The standard InChI is InChI=1S/C14H18O2S2/c1-14(2)11-6-5-10(12(14)8-11)9-18(15,16)13-4-3-7-17-13/h3-5,7,11-12H,6,8-9H2,1-2H3. The molecular formula is C14H18O2S2. The molecule has 0 saturated heterocycles. The van der Waals surface area contributed by atoms with E-state index in [2.05, 4.69) is 19.9 Å². The van der Waals surface area contributed by atoms with Crippen LogP contribution in [0.3, 0.4) is 0 Å². The molecule has 4 heteroatoms. The van der Waals surface area contributed by atoms with Gasteiger partial charge in [-0.05, 0) is 41.5 Å². The smallest absolute Gasteiger partial charge is 0.191 e. The molecule has 0 spiro atoms. The van der Waals surface area contributed by atoms with E-state index in [-0.39, 0.29) is 5.75 Å². The Morgan fingerprint density at radius 3 is 2.78 bits per heavy atom. The zero-order valence-electron chi connectivity index (χ0n) is 10.7. The summed E-state index contributed by atoms with van der Waals surface area (Å²) in [5.74, 6) is 1.45. The van der Waals surface area contributed by atoms with Crippen LogP contribution in [0.25, 0.3) is 0 Å². The summed E-state index contributed by atoms with van der Waals surface area (Å²) in [6, 6.07) is 3.51. The summed E-state index contributed by atoms with van der Waals surface area (Å²) in [5, 5.41) is 1.82. The third-order valence-corrected chi connectivity index (χ3v) is 7.92. The van der Waals surface area contributed by atoms with E-state index in [0.717, 1.165) is 17.9 Å². The molecule has 0 amide bonds. The van der Waals surface area contributed by atoms with Gasteiger partial charge in [-0.1, -0.05) is 31.6 Å². The van der Waals surface area contributed by atoms with Crippen LogP contribution < -0.4 is 0 Å². The van der Waals surface area contributed by atoms with Gasteiger partial charge in [0.1, 0.15) is 4.21 Å². The SMILES string of the molecule is CC1(C)C2CC=C(CS(=O)(=O)c3cccs3)C1C2. The van der Waals surface area contributed by atoms with Gasteiger partial charge < -0.3 is 0 Å². The van der Waals surface area contributed by atoms with Gasteiger partial charge in [0.2, 0.25) is 0 Å². The van der Waals surface area contributed by atoms with Gasteiger partial charge in [-0.3, -0.25) is 0 Å². The van der Waals surface area contributed by atoms with Crippen molar-refractivity contribution >= 4 is 21.2 Å². The second kappa shape index (κ2) is 3.94. The van der Waals surface area contributed by atoms with Crippen molar-refractivity contribution in [3.63, 3.8) is 0 Å². The number of allylic oxidation sites excluding steroid dienone is 1. The van der Waals surface area contributed by atoms with E-state index in [9.17, 15) is 8.42 Å². The molecule has 4 rings (SSSR count). The quantitative estimate of drug-likeness (QED) is 0.795. The number of fused-ring (bicyclic) bond motifs is 1. The molecule has 0 aliphatic heterocycles. The highest BCUT2D eigenvalue weighted by Crippen LogP contribution is 2.59. The minimum Gasteiger partial charge on any atom is -0.223 e. The zero-order valence-corrected chi connectivity index (χ0v) is 12.4. The van der Waals surface area contributed by atoms with E-state index in [0.29, 0.717) is 15.5 Å². The number of rotatable bonds is 3. The van der Waals surface area contributed by atoms with Crippen molar-refractivity contribution in [3.05, 3.63) is 29.2 Å². The van der Waals surface area contributed by atoms with Gasteiger partial charge in [-0.2, -0.15) is 0 Å². The summed E-state index contributed by atoms with van der Waals surface area (Å²) in [5.41, 5.74) is 1.45. The third-order valence-electron chi connectivity index (χ3n) is 4.74. The van der Waals surface area contributed by atoms with E-state index >= 15 is 0 Å². The van der Waals surface area contributed by atoms with E-state index in [4.69, 9.17) is 0 Å². The average Bonchev–Trinajstić information content (AvgIpc) is 2.82. The lowest BCUT2D eigenvalue weighted by molar-refractivity contribution is -0.00549. The van der Waals surface area contributed by atoms with E-state index in [1.54, 1.807) is 12.1 Å². The van der Waals surface area contributed by atoms with Crippen molar-refractivity contribution < 1.29 is 8.42 Å². The molecule has 1 fully saturated rings. The molecular weight excluding hydrogens is 264 g/mol. The Balaban J connectivity index is 1.85. The fraction of sp³-hybridized carbons (Fsp3) is 0.571. The van der Waals surface area contributed by atoms with Gasteiger partial charge in [-0.25, -0.2) is 8.42 Å². The van der Waals surface area contributed by atoms with Gasteiger partial charge in [-0.15, -0.1) is 11.3 Å². The molecule has 0 radical (unpaired) electrons. The molecule has 1 aromatic heterocycles. The second-order valence-corrected chi connectivity index (χ2v) is 9.18. The number of hydrogen-bond acceptors (Lipinski definition) is 3. The Labute approximate surface area is 113 Å². The van der Waals surface area contributed by atoms with E-state index < -0.39 is 9.84 Å². The predicted molar refractivity (Wildman–Crippen MR) is 74.4 cm³/mol. The molecule has 98 valence electrons. The maximum absolute atomic E-state index is 12.3. The van der Waals surface area contributed by atoms with Crippen LogP contribution in [-0.2, 0) is 9.84 Å². The second-order valence-electron chi connectivity index (χ2n) is 6.01. The maximum Gasteiger partial charge on any atom is 0.191 e. The molecule has 3 aliphatic carbocycles. The van der Waals surface area contributed by atoms with Crippen molar-refractivity contribution in [1.29, 1.82) is 0 Å². The average molecular weight is 282 g/mol. The van der Waals surface area contributed by atoms with Crippen LogP contribution in [0.15, 0.2) is 33.4 Å². The van der Waals surface area contributed by atoms with Gasteiger partial charge in [0.05, 0.1) is 5.75 Å². The lowest BCUT2D eigenvalue weighted by Crippen LogP contribution is -2.49. The lowest BCUT2D eigenvalue weighted by atomic mass is 9.49. The first-order chi connectivity index (χ1) is 8.41. The van der Waals surface area contributed by atoms with Crippen LogP contribution in [0.2, 0.25) is 0 Å². The first kappa shape index (κ1) is 12.4. The molecule has 1 heterocycles. The van der Waals surface area contributed by atoms with Crippen LogP contribution in [0.5, 0.6) is 0 Å². The highest BCUT2D eigenvalue weighted by molar-refractivity contribution is 7.93. The highest BCUT2D eigenvalue weighted by atomic mass is 32.2. The fourth-order valence-electron chi connectivity index (χ4n) is 3.37. The van der Waals surface area contributed by atoms with Crippen molar-refractivity contribution in [1.82, 2.24) is 0 Å². The molecule has 2 atom stereocenters. The molecule has 1 aromatic rings. The van der Waals surface area contributed by atoms with Gasteiger partial charge in [0.15, 0.2) is 9.84 Å². The first-order valence-corrected chi connectivity index (χ1v) is 8.89. The Morgan fingerprint density at radius 2 is 2.22 bits per heavy atom. The van der Waals surface area contributed by atoms with Gasteiger partial charge in [0.25, 0.3) is 0 Å². The van der Waals surface area contributed by atoms with Crippen LogP contribution in [0.4, 0.5) is 0 Å². The molecule has 2 unspecified atom stereocenters. The summed E-state index contributed by atoms with van der Waals surface area (Å²) < 4.78 is 25.1. The molecule has 2 bridgehead atoms. The fourth-order valence-corrected chi connectivity index (χ4v) is 5.94. The Bertz CT molecular complexity index is 579. The Morgan fingerprint density at radius 1 is 1.44 bits per heavy atom. The Hall–Kier alpha value is -0.610. The highest BCUT2D eigenvalue weighted by Gasteiger charge is 2.51. The van der Waals surface area contributed by atoms with E-state index in [1.165, 1.54) is 17.8 Å². The summed E-state index contributed by atoms with van der Waals surface area (Å²) in [7, 11) is -3.12. The number of sulfone groups is 1. The summed E-state index contributed by atoms with van der Waals surface area (Å²) in [4.78, 5) is 0. The number of thiophene rings is 1. The molecule has 2 nitrogen and oxygen atoms in total. The van der Waals surface area contributed by atoms with Crippen molar-refractivity contribution in [2.24, 2.45) is 17.3 Å². The topological polar surface area (TPSA) is 34.1 Å². The molecule has 3 aliphatic rings. The zero-order chi connectivity index (χ0) is 13.0. The predicted octanol–water partition coefficient (Wildman–Crippen LogP) is 3.51. The number of hydrogen-bond donors (Lipinski definition) is 0. The largest absolute Gasteiger partial charge is 0.223 e. The molecule has 0 aromatic carbocycles. The Kier molecular flexibility index (Phi) is 2.72. The monoisotopic (exact) mass is 282 g/mol. The molecule has 1 saturated carbocycles. The van der Waals surface area contributed by atoms with Crippen molar-refractivity contribution in [2.75, 3.05) is 5.75 Å². The summed E-state index contributed by atoms with van der Waals surface area (Å²) in [6.45, 7) is 4.55. The van der Waals surface area contributed by atoms with Crippen molar-refractivity contribution in [2.45, 2.75) is 30.9 Å². The maximum atomic E-state index is 12.3. The van der Waals surface area contributed by atoms with Gasteiger partial charge >= 0.3 is 0 Å². The van der Waals surface area contributed by atoms with Crippen LogP contribution in [-0.4, -0.2) is 14.2 Å².